The van der Waals surface area contributed by atoms with E-state index in [2.05, 4.69) is 4.98 Å². The smallest absolute Gasteiger partial charge is 0.151 e. The van der Waals surface area contributed by atoms with Crippen molar-refractivity contribution in [2.45, 2.75) is 24.9 Å². The molecule has 0 spiro atoms. The number of hydrogen-bond donors (Lipinski definition) is 1. The first-order valence-corrected chi connectivity index (χ1v) is 9.61. The lowest BCUT2D eigenvalue weighted by Crippen LogP contribution is -2.05. The zero-order valence-corrected chi connectivity index (χ0v) is 13.1. The molecule has 0 saturated carbocycles. The number of benzene rings is 1. The van der Waals surface area contributed by atoms with E-state index in [4.69, 9.17) is 0 Å². The maximum atomic E-state index is 11.5. The Morgan fingerprint density at radius 2 is 2.10 bits per heavy atom. The lowest BCUT2D eigenvalue weighted by Gasteiger charge is -2.09. The lowest BCUT2D eigenvalue weighted by molar-refractivity contribution is 0.177. The van der Waals surface area contributed by atoms with Gasteiger partial charge in [0.05, 0.1) is 28.3 Å². The zero-order valence-electron chi connectivity index (χ0n) is 11.5. The van der Waals surface area contributed by atoms with Crippen molar-refractivity contribution in [3.63, 3.8) is 0 Å². The van der Waals surface area contributed by atoms with E-state index in [0.717, 1.165) is 16.3 Å². The summed E-state index contributed by atoms with van der Waals surface area (Å²) in [7, 11) is -2.88. The molecule has 0 amide bonds. The Bertz CT molecular complexity index is 710. The summed E-state index contributed by atoms with van der Waals surface area (Å²) in [5, 5.41) is 13.0. The minimum Gasteiger partial charge on any atom is -0.388 e. The summed E-state index contributed by atoms with van der Waals surface area (Å²) < 4.78 is 23.0. The summed E-state index contributed by atoms with van der Waals surface area (Å²) in [6.45, 7) is 0. The van der Waals surface area contributed by atoms with Crippen LogP contribution in [0.25, 0.3) is 0 Å². The Kier molecular flexibility index (Phi) is 4.10. The third-order valence-corrected chi connectivity index (χ3v) is 6.56. The third kappa shape index (κ3) is 3.51. The quantitative estimate of drug-likeness (QED) is 0.937. The molecule has 1 aromatic carbocycles. The average Bonchev–Trinajstić information content (AvgIpc) is 3.06. The van der Waals surface area contributed by atoms with Gasteiger partial charge in [0, 0.05) is 17.7 Å². The minimum absolute atomic E-state index is 0.0302. The first-order valence-electron chi connectivity index (χ1n) is 6.91. The molecule has 6 heteroatoms. The first-order chi connectivity index (χ1) is 10.0. The highest BCUT2D eigenvalue weighted by molar-refractivity contribution is 7.91. The van der Waals surface area contributed by atoms with Crippen molar-refractivity contribution >= 4 is 21.2 Å². The van der Waals surface area contributed by atoms with Crippen LogP contribution in [0, 0.1) is 0 Å². The minimum atomic E-state index is -2.88. The number of nitrogens with zero attached hydrogens (tertiary/aromatic N) is 1. The number of thiazole rings is 1. The Balaban J connectivity index is 1.68. The molecule has 1 N–H and O–H groups in total. The predicted molar refractivity (Wildman–Crippen MR) is 83.2 cm³/mol. The number of aliphatic hydroxyl groups is 1. The molecule has 0 radical (unpaired) electrons. The van der Waals surface area contributed by atoms with Crippen LogP contribution in [0.1, 0.15) is 34.7 Å². The normalized spacial score (nSPS) is 22.2. The van der Waals surface area contributed by atoms with Crippen molar-refractivity contribution in [3.8, 4) is 0 Å². The van der Waals surface area contributed by atoms with Gasteiger partial charge in [0.15, 0.2) is 9.84 Å². The molecule has 0 aliphatic carbocycles. The van der Waals surface area contributed by atoms with Crippen LogP contribution in [0.3, 0.4) is 0 Å². The molecule has 1 aromatic heterocycles. The van der Waals surface area contributed by atoms with E-state index >= 15 is 0 Å². The maximum absolute atomic E-state index is 11.5. The standard InChI is InChI=1S/C15H17NO3S2/c17-14(11-4-2-1-3-5-11)8-13-9-20-15(16-13)12-6-7-21(18,19)10-12/h1-5,9,12,14,17H,6-8,10H2. The molecule has 21 heavy (non-hydrogen) atoms. The summed E-state index contributed by atoms with van der Waals surface area (Å²) in [6.07, 6.45) is 0.546. The van der Waals surface area contributed by atoms with Gasteiger partial charge in [0.2, 0.25) is 0 Å². The van der Waals surface area contributed by atoms with E-state index in [0.29, 0.717) is 12.8 Å². The first kappa shape index (κ1) is 14.7. The van der Waals surface area contributed by atoms with Crippen molar-refractivity contribution in [3.05, 3.63) is 52.0 Å². The SMILES string of the molecule is O=S1(=O)CCC(c2nc(CC(O)c3ccccc3)cs2)C1. The van der Waals surface area contributed by atoms with Gasteiger partial charge in [-0.1, -0.05) is 30.3 Å². The highest BCUT2D eigenvalue weighted by Gasteiger charge is 2.31. The van der Waals surface area contributed by atoms with E-state index in [-0.39, 0.29) is 17.4 Å². The van der Waals surface area contributed by atoms with E-state index in [9.17, 15) is 13.5 Å². The fourth-order valence-electron chi connectivity index (χ4n) is 2.58. The van der Waals surface area contributed by atoms with Gasteiger partial charge in [-0.25, -0.2) is 13.4 Å². The summed E-state index contributed by atoms with van der Waals surface area (Å²) in [5.74, 6) is 0.503. The van der Waals surface area contributed by atoms with Gasteiger partial charge < -0.3 is 5.11 Å². The van der Waals surface area contributed by atoms with Crippen LogP contribution in [0.5, 0.6) is 0 Å². The van der Waals surface area contributed by atoms with E-state index < -0.39 is 15.9 Å². The number of aliphatic hydroxyl groups excluding tert-OH is 1. The van der Waals surface area contributed by atoms with Crippen molar-refractivity contribution in [2.24, 2.45) is 0 Å². The fourth-order valence-corrected chi connectivity index (χ4v) is 5.41. The number of sulfone groups is 1. The molecule has 1 aliphatic heterocycles. The molecular formula is C15H17NO3S2. The van der Waals surface area contributed by atoms with E-state index in [1.54, 1.807) is 0 Å². The van der Waals surface area contributed by atoms with Gasteiger partial charge in [-0.05, 0) is 12.0 Å². The number of aromatic nitrogens is 1. The van der Waals surface area contributed by atoms with Crippen molar-refractivity contribution < 1.29 is 13.5 Å². The summed E-state index contributed by atoms with van der Waals surface area (Å²) in [5.41, 5.74) is 1.70. The molecule has 3 rings (SSSR count). The van der Waals surface area contributed by atoms with Crippen LogP contribution in [-0.4, -0.2) is 30.0 Å². The average molecular weight is 323 g/mol. The van der Waals surface area contributed by atoms with Crippen LogP contribution in [-0.2, 0) is 16.3 Å². The lowest BCUT2D eigenvalue weighted by atomic mass is 10.1. The molecule has 2 aromatic rings. The largest absolute Gasteiger partial charge is 0.388 e. The van der Waals surface area contributed by atoms with Gasteiger partial charge in [-0.2, -0.15) is 0 Å². The Morgan fingerprint density at radius 1 is 1.33 bits per heavy atom. The molecule has 2 atom stereocenters. The molecule has 112 valence electrons. The molecule has 1 aliphatic rings. The molecule has 2 unspecified atom stereocenters. The molecule has 0 bridgehead atoms. The van der Waals surface area contributed by atoms with Gasteiger partial charge in [-0.3, -0.25) is 0 Å². The van der Waals surface area contributed by atoms with Gasteiger partial charge in [0.25, 0.3) is 0 Å². The molecule has 2 heterocycles. The van der Waals surface area contributed by atoms with E-state index in [1.807, 2.05) is 35.7 Å². The van der Waals surface area contributed by atoms with Crippen LogP contribution < -0.4 is 0 Å². The second kappa shape index (κ2) is 5.87. The molecular weight excluding hydrogens is 306 g/mol. The number of hydrogen-bond acceptors (Lipinski definition) is 5. The van der Waals surface area contributed by atoms with Gasteiger partial charge in [-0.15, -0.1) is 11.3 Å². The fraction of sp³-hybridized carbons (Fsp3) is 0.400. The highest BCUT2D eigenvalue weighted by Crippen LogP contribution is 2.31. The topological polar surface area (TPSA) is 67.3 Å². The Morgan fingerprint density at radius 3 is 2.76 bits per heavy atom. The van der Waals surface area contributed by atoms with Crippen molar-refractivity contribution in [1.82, 2.24) is 4.98 Å². The monoisotopic (exact) mass is 323 g/mol. The van der Waals surface area contributed by atoms with Gasteiger partial charge in [0.1, 0.15) is 0 Å². The molecule has 1 saturated heterocycles. The second-order valence-corrected chi connectivity index (χ2v) is 8.53. The van der Waals surface area contributed by atoms with Crippen molar-refractivity contribution in [2.75, 3.05) is 11.5 Å². The van der Waals surface area contributed by atoms with Crippen molar-refractivity contribution in [1.29, 1.82) is 0 Å². The zero-order chi connectivity index (χ0) is 14.9. The van der Waals surface area contributed by atoms with Crippen LogP contribution in [0.2, 0.25) is 0 Å². The van der Waals surface area contributed by atoms with Crippen LogP contribution in [0.15, 0.2) is 35.7 Å². The third-order valence-electron chi connectivity index (χ3n) is 3.74. The van der Waals surface area contributed by atoms with Crippen LogP contribution in [0.4, 0.5) is 0 Å². The summed E-state index contributed by atoms with van der Waals surface area (Å²) >= 11 is 1.50. The molecule has 1 fully saturated rings. The number of rotatable bonds is 4. The highest BCUT2D eigenvalue weighted by atomic mass is 32.2. The maximum Gasteiger partial charge on any atom is 0.151 e. The van der Waals surface area contributed by atoms with E-state index in [1.165, 1.54) is 11.3 Å². The summed E-state index contributed by atoms with van der Waals surface area (Å²) in [6, 6.07) is 9.49. The predicted octanol–water partition coefficient (Wildman–Crippen LogP) is 2.32. The molecule has 4 nitrogen and oxygen atoms in total. The Labute approximate surface area is 128 Å². The van der Waals surface area contributed by atoms with Crippen LogP contribution >= 0.6 is 11.3 Å². The van der Waals surface area contributed by atoms with Gasteiger partial charge >= 0.3 is 0 Å². The summed E-state index contributed by atoms with van der Waals surface area (Å²) in [4.78, 5) is 4.52. The Hall–Kier alpha value is -1.24. The second-order valence-electron chi connectivity index (χ2n) is 5.41.